The molecule has 1 amide bonds. The highest BCUT2D eigenvalue weighted by molar-refractivity contribution is 5.84. The summed E-state index contributed by atoms with van der Waals surface area (Å²) in [5.41, 5.74) is 2.54. The summed E-state index contributed by atoms with van der Waals surface area (Å²) in [6.45, 7) is 1.88. The van der Waals surface area contributed by atoms with E-state index >= 15 is 0 Å². The van der Waals surface area contributed by atoms with Gasteiger partial charge in [0.25, 0.3) is 0 Å². The van der Waals surface area contributed by atoms with Crippen molar-refractivity contribution in [1.29, 1.82) is 0 Å². The Kier molecular flexibility index (Phi) is 3.46. The van der Waals surface area contributed by atoms with Crippen molar-refractivity contribution in [2.45, 2.75) is 50.6 Å². The lowest BCUT2D eigenvalue weighted by Crippen LogP contribution is -2.47. The maximum absolute atomic E-state index is 13.1. The van der Waals surface area contributed by atoms with Crippen LogP contribution in [0.2, 0.25) is 0 Å². The van der Waals surface area contributed by atoms with E-state index in [0.29, 0.717) is 11.9 Å². The topological polar surface area (TPSA) is 32.3 Å². The molecule has 0 radical (unpaired) electrons. The largest absolute Gasteiger partial charge is 0.338 e. The average Bonchev–Trinajstić information content (AvgIpc) is 2.98. The van der Waals surface area contributed by atoms with E-state index in [0.717, 1.165) is 25.4 Å². The smallest absolute Gasteiger partial charge is 0.244 e. The number of likely N-dealkylation sites (tertiary alicyclic amines) is 1. The number of carbonyl (C=O) groups excluding carboxylic acids is 1. The molecule has 1 aromatic carbocycles. The second-order valence-corrected chi connectivity index (χ2v) is 6.77. The van der Waals surface area contributed by atoms with Crippen LogP contribution in [0.15, 0.2) is 24.3 Å². The number of carbonyl (C=O) groups is 1. The van der Waals surface area contributed by atoms with Gasteiger partial charge in [0.1, 0.15) is 6.04 Å². The van der Waals surface area contributed by atoms with Crippen LogP contribution < -0.4 is 5.32 Å². The van der Waals surface area contributed by atoms with Crippen LogP contribution in [-0.4, -0.2) is 29.9 Å². The molecule has 0 aromatic heterocycles. The third-order valence-electron chi connectivity index (χ3n) is 5.65. The number of hydrogen-bond donors (Lipinski definition) is 1. The highest BCUT2D eigenvalue weighted by atomic mass is 16.2. The monoisotopic (exact) mass is 284 g/mol. The van der Waals surface area contributed by atoms with E-state index < -0.39 is 0 Å². The van der Waals surface area contributed by atoms with Crippen LogP contribution in [0, 0.1) is 5.92 Å². The first kappa shape index (κ1) is 13.3. The first-order valence-corrected chi connectivity index (χ1v) is 8.46. The molecule has 3 aliphatic rings. The van der Waals surface area contributed by atoms with Crippen molar-refractivity contribution in [3.63, 3.8) is 0 Å². The fourth-order valence-electron chi connectivity index (χ4n) is 4.57. The number of amides is 1. The molecular weight excluding hydrogens is 260 g/mol. The Morgan fingerprint density at radius 2 is 2.00 bits per heavy atom. The van der Waals surface area contributed by atoms with Crippen molar-refractivity contribution >= 4 is 5.91 Å². The molecular formula is C18H24N2O. The summed E-state index contributed by atoms with van der Waals surface area (Å²) in [6, 6.07) is 8.83. The van der Waals surface area contributed by atoms with Crippen molar-refractivity contribution in [1.82, 2.24) is 10.2 Å². The minimum Gasteiger partial charge on any atom is -0.338 e. The molecule has 2 aliphatic heterocycles. The fourth-order valence-corrected chi connectivity index (χ4v) is 4.57. The Morgan fingerprint density at radius 3 is 2.95 bits per heavy atom. The molecule has 0 spiro atoms. The molecule has 1 N–H and O–H groups in total. The predicted molar refractivity (Wildman–Crippen MR) is 83.0 cm³/mol. The molecule has 3 atom stereocenters. The second-order valence-electron chi connectivity index (χ2n) is 6.77. The van der Waals surface area contributed by atoms with Gasteiger partial charge in [-0.25, -0.2) is 0 Å². The fraction of sp³-hybridized carbons (Fsp3) is 0.611. The molecule has 1 saturated carbocycles. The first-order chi connectivity index (χ1) is 10.3. The third-order valence-corrected chi connectivity index (χ3v) is 5.65. The lowest BCUT2D eigenvalue weighted by atomic mass is 9.85. The SMILES string of the molecule is O=C(C1NCCc2ccccc21)N1CCC2CCCCC21. The van der Waals surface area contributed by atoms with E-state index in [2.05, 4.69) is 34.5 Å². The van der Waals surface area contributed by atoms with Gasteiger partial charge in [0, 0.05) is 19.1 Å². The van der Waals surface area contributed by atoms with Crippen molar-refractivity contribution in [2.24, 2.45) is 5.92 Å². The lowest BCUT2D eigenvalue weighted by Gasteiger charge is -2.35. The maximum Gasteiger partial charge on any atom is 0.244 e. The molecule has 4 rings (SSSR count). The van der Waals surface area contributed by atoms with Crippen LogP contribution in [0.1, 0.15) is 49.3 Å². The van der Waals surface area contributed by atoms with Crippen molar-refractivity contribution in [3.05, 3.63) is 35.4 Å². The Bertz CT molecular complexity index is 542. The number of rotatable bonds is 1. The zero-order chi connectivity index (χ0) is 14.2. The number of nitrogens with zero attached hydrogens (tertiary/aromatic N) is 1. The number of nitrogens with one attached hydrogen (secondary N) is 1. The summed E-state index contributed by atoms with van der Waals surface area (Å²) in [7, 11) is 0. The third kappa shape index (κ3) is 2.28. The van der Waals surface area contributed by atoms with Crippen LogP contribution in [0.3, 0.4) is 0 Å². The van der Waals surface area contributed by atoms with Gasteiger partial charge in [-0.05, 0) is 42.7 Å². The summed E-state index contributed by atoms with van der Waals surface area (Å²) in [6.07, 6.45) is 7.43. The van der Waals surface area contributed by atoms with Crippen molar-refractivity contribution in [2.75, 3.05) is 13.1 Å². The van der Waals surface area contributed by atoms with Gasteiger partial charge < -0.3 is 10.2 Å². The molecule has 2 fully saturated rings. The summed E-state index contributed by atoms with van der Waals surface area (Å²) in [5.74, 6) is 1.08. The molecule has 21 heavy (non-hydrogen) atoms. The normalized spacial score (nSPS) is 31.6. The standard InChI is InChI=1S/C18H24N2O/c21-18(20-12-10-14-6-2-4-8-16(14)20)17-15-7-3-1-5-13(15)9-11-19-17/h1,3,5,7,14,16-17,19H,2,4,6,8-12H2. The minimum absolute atomic E-state index is 0.115. The molecule has 1 aromatic rings. The summed E-state index contributed by atoms with van der Waals surface area (Å²) < 4.78 is 0. The van der Waals surface area contributed by atoms with Gasteiger partial charge in [0.2, 0.25) is 5.91 Å². The van der Waals surface area contributed by atoms with Gasteiger partial charge in [-0.3, -0.25) is 4.79 Å². The predicted octanol–water partition coefficient (Wildman–Crippen LogP) is 2.66. The molecule has 1 aliphatic carbocycles. The molecule has 1 saturated heterocycles. The van der Waals surface area contributed by atoms with E-state index in [1.54, 1.807) is 0 Å². The Labute approximate surface area is 126 Å². The van der Waals surface area contributed by atoms with E-state index in [4.69, 9.17) is 0 Å². The summed E-state index contributed by atoms with van der Waals surface area (Å²) >= 11 is 0. The van der Waals surface area contributed by atoms with Gasteiger partial charge in [-0.2, -0.15) is 0 Å². The Morgan fingerprint density at radius 1 is 1.14 bits per heavy atom. The zero-order valence-corrected chi connectivity index (χ0v) is 12.6. The highest BCUT2D eigenvalue weighted by Crippen LogP contribution is 2.38. The van der Waals surface area contributed by atoms with E-state index in [1.165, 1.54) is 43.2 Å². The Hall–Kier alpha value is -1.35. The highest BCUT2D eigenvalue weighted by Gasteiger charge is 2.41. The van der Waals surface area contributed by atoms with Crippen LogP contribution >= 0.6 is 0 Å². The molecule has 3 heteroatoms. The van der Waals surface area contributed by atoms with Crippen LogP contribution in [0.25, 0.3) is 0 Å². The van der Waals surface area contributed by atoms with Gasteiger partial charge in [0.15, 0.2) is 0 Å². The summed E-state index contributed by atoms with van der Waals surface area (Å²) in [5, 5.41) is 3.46. The maximum atomic E-state index is 13.1. The minimum atomic E-state index is -0.115. The number of benzene rings is 1. The van der Waals surface area contributed by atoms with Crippen LogP contribution in [-0.2, 0) is 11.2 Å². The van der Waals surface area contributed by atoms with Crippen LogP contribution in [0.4, 0.5) is 0 Å². The van der Waals surface area contributed by atoms with E-state index in [1.807, 2.05) is 0 Å². The molecule has 2 heterocycles. The quantitative estimate of drug-likeness (QED) is 0.860. The van der Waals surface area contributed by atoms with E-state index in [9.17, 15) is 4.79 Å². The zero-order valence-electron chi connectivity index (χ0n) is 12.6. The first-order valence-electron chi connectivity index (χ1n) is 8.46. The Balaban J connectivity index is 1.58. The van der Waals surface area contributed by atoms with Gasteiger partial charge in [-0.15, -0.1) is 0 Å². The van der Waals surface area contributed by atoms with Crippen molar-refractivity contribution in [3.8, 4) is 0 Å². The van der Waals surface area contributed by atoms with Gasteiger partial charge in [-0.1, -0.05) is 37.1 Å². The molecule has 3 unspecified atom stereocenters. The average molecular weight is 284 g/mol. The number of fused-ring (bicyclic) bond motifs is 2. The molecule has 112 valence electrons. The molecule has 3 nitrogen and oxygen atoms in total. The number of hydrogen-bond acceptors (Lipinski definition) is 2. The molecule has 0 bridgehead atoms. The van der Waals surface area contributed by atoms with Crippen molar-refractivity contribution < 1.29 is 4.79 Å². The van der Waals surface area contributed by atoms with E-state index in [-0.39, 0.29) is 6.04 Å². The lowest BCUT2D eigenvalue weighted by molar-refractivity contribution is -0.135. The summed E-state index contributed by atoms with van der Waals surface area (Å²) in [4.78, 5) is 15.3. The van der Waals surface area contributed by atoms with Crippen LogP contribution in [0.5, 0.6) is 0 Å². The van der Waals surface area contributed by atoms with Gasteiger partial charge >= 0.3 is 0 Å². The second kappa shape index (κ2) is 5.45. The van der Waals surface area contributed by atoms with Gasteiger partial charge in [0.05, 0.1) is 0 Å².